The Kier molecular flexibility index (Phi) is 6.65. The van der Waals surface area contributed by atoms with Crippen LogP contribution in [0.3, 0.4) is 0 Å². The molecule has 5 aromatic rings. The van der Waals surface area contributed by atoms with Crippen LogP contribution in [0.2, 0.25) is 0 Å². The molecule has 184 valence electrons. The summed E-state index contributed by atoms with van der Waals surface area (Å²) in [4.78, 5) is 14.0. The van der Waals surface area contributed by atoms with Gasteiger partial charge in [-0.05, 0) is 30.2 Å². The number of hydrogen-bond acceptors (Lipinski definition) is 3. The van der Waals surface area contributed by atoms with Crippen LogP contribution in [0, 0.1) is 0 Å². The van der Waals surface area contributed by atoms with Crippen molar-refractivity contribution in [3.8, 4) is 34.2 Å². The zero-order chi connectivity index (χ0) is 26.0. The summed E-state index contributed by atoms with van der Waals surface area (Å²) in [7, 11) is 0. The smallest absolute Gasteiger partial charge is 0.208 e. The average molecular weight is 560 g/mol. The molecular weight excluding hydrogens is 539 g/mol. The first kappa shape index (κ1) is 24.8. The number of alkyl halides is 3. The van der Waals surface area contributed by atoms with E-state index in [9.17, 15) is 13.2 Å². The van der Waals surface area contributed by atoms with Gasteiger partial charge in [0.15, 0.2) is 17.5 Å². The number of aromatic nitrogens is 3. The van der Waals surface area contributed by atoms with Crippen LogP contribution >= 0.6 is 15.9 Å². The molecule has 5 rings (SSSR count). The molecule has 3 nitrogen and oxygen atoms in total. The van der Waals surface area contributed by atoms with Crippen LogP contribution in [0.25, 0.3) is 34.2 Å². The van der Waals surface area contributed by atoms with E-state index in [1.165, 1.54) is 31.2 Å². The molecule has 0 aliphatic rings. The third-order valence-corrected chi connectivity index (χ3v) is 6.94. The van der Waals surface area contributed by atoms with Crippen LogP contribution in [-0.4, -0.2) is 21.1 Å². The normalized spacial score (nSPS) is 13.2. The lowest BCUT2D eigenvalue weighted by Gasteiger charge is -2.33. The fourth-order valence-electron chi connectivity index (χ4n) is 4.17. The highest BCUT2D eigenvalue weighted by Gasteiger charge is 2.53. The van der Waals surface area contributed by atoms with Crippen molar-refractivity contribution in [2.45, 2.75) is 18.5 Å². The molecule has 0 fully saturated rings. The Labute approximate surface area is 221 Å². The van der Waals surface area contributed by atoms with E-state index in [0.29, 0.717) is 23.0 Å². The van der Waals surface area contributed by atoms with E-state index in [1.807, 2.05) is 60.7 Å². The molecule has 1 unspecified atom stereocenters. The van der Waals surface area contributed by atoms with Crippen LogP contribution < -0.4 is 0 Å². The first-order valence-electron chi connectivity index (χ1n) is 11.6. The SMILES string of the molecule is CC(c1ccc(Br)cc1)(c1ccc(-c2nc(-c3ccccc3)nc(-c3ccccc3)n2)cc1)C(F)(F)F. The van der Waals surface area contributed by atoms with Crippen LogP contribution in [-0.2, 0) is 5.41 Å². The van der Waals surface area contributed by atoms with Crippen molar-refractivity contribution in [3.05, 3.63) is 125 Å². The molecule has 0 N–H and O–H groups in total. The summed E-state index contributed by atoms with van der Waals surface area (Å²) in [6.07, 6.45) is -4.50. The fourth-order valence-corrected chi connectivity index (χ4v) is 4.43. The Bertz CT molecular complexity index is 1450. The topological polar surface area (TPSA) is 38.7 Å². The summed E-state index contributed by atoms with van der Waals surface area (Å²) in [5.74, 6) is 1.36. The van der Waals surface area contributed by atoms with E-state index in [1.54, 1.807) is 24.3 Å². The van der Waals surface area contributed by atoms with Crippen molar-refractivity contribution in [3.63, 3.8) is 0 Å². The van der Waals surface area contributed by atoms with Gasteiger partial charge in [0.25, 0.3) is 0 Å². The molecule has 0 radical (unpaired) electrons. The number of hydrogen-bond donors (Lipinski definition) is 0. The van der Waals surface area contributed by atoms with E-state index in [0.717, 1.165) is 15.6 Å². The largest absolute Gasteiger partial charge is 0.402 e. The molecule has 0 saturated heterocycles. The summed E-state index contributed by atoms with van der Waals surface area (Å²) >= 11 is 3.30. The third-order valence-electron chi connectivity index (χ3n) is 6.41. The van der Waals surface area contributed by atoms with Gasteiger partial charge in [0.1, 0.15) is 5.41 Å². The van der Waals surface area contributed by atoms with Crippen molar-refractivity contribution in [2.75, 3.05) is 0 Å². The first-order valence-corrected chi connectivity index (χ1v) is 12.4. The van der Waals surface area contributed by atoms with Crippen molar-refractivity contribution in [1.82, 2.24) is 15.0 Å². The Balaban J connectivity index is 1.61. The van der Waals surface area contributed by atoms with Gasteiger partial charge in [-0.1, -0.05) is 113 Å². The lowest BCUT2D eigenvalue weighted by atomic mass is 9.75. The summed E-state index contributed by atoms with van der Waals surface area (Å²) in [6.45, 7) is 1.20. The molecule has 0 aliphatic heterocycles. The molecule has 0 bridgehead atoms. The summed E-state index contributed by atoms with van der Waals surface area (Å²) in [5, 5.41) is 0. The second-order valence-electron chi connectivity index (χ2n) is 8.75. The maximum absolute atomic E-state index is 14.4. The van der Waals surface area contributed by atoms with Gasteiger partial charge in [-0.2, -0.15) is 13.2 Å². The lowest BCUT2D eigenvalue weighted by Crippen LogP contribution is -2.40. The van der Waals surface area contributed by atoms with Gasteiger partial charge in [-0.15, -0.1) is 0 Å². The highest BCUT2D eigenvalue weighted by molar-refractivity contribution is 9.10. The Morgan fingerprint density at radius 1 is 0.514 bits per heavy atom. The molecule has 37 heavy (non-hydrogen) atoms. The van der Waals surface area contributed by atoms with Crippen molar-refractivity contribution < 1.29 is 13.2 Å². The lowest BCUT2D eigenvalue weighted by molar-refractivity contribution is -0.173. The Morgan fingerprint density at radius 2 is 0.865 bits per heavy atom. The second-order valence-corrected chi connectivity index (χ2v) is 9.66. The number of nitrogens with zero attached hydrogens (tertiary/aromatic N) is 3. The number of rotatable bonds is 5. The fraction of sp³-hybridized carbons (Fsp3) is 0.100. The average Bonchev–Trinajstić information content (AvgIpc) is 2.93. The zero-order valence-corrected chi connectivity index (χ0v) is 21.3. The minimum absolute atomic E-state index is 0.131. The van der Waals surface area contributed by atoms with E-state index < -0.39 is 11.6 Å². The highest BCUT2D eigenvalue weighted by atomic mass is 79.9. The van der Waals surface area contributed by atoms with Crippen LogP contribution in [0.1, 0.15) is 18.1 Å². The van der Waals surface area contributed by atoms with Gasteiger partial charge in [-0.25, -0.2) is 15.0 Å². The molecule has 0 aliphatic carbocycles. The first-order chi connectivity index (χ1) is 17.8. The van der Waals surface area contributed by atoms with Gasteiger partial charge in [-0.3, -0.25) is 0 Å². The molecule has 1 aromatic heterocycles. The summed E-state index contributed by atoms with van der Waals surface area (Å²) in [5.41, 5.74) is 0.344. The number of halogens is 4. The van der Waals surface area contributed by atoms with Crippen LogP contribution in [0.5, 0.6) is 0 Å². The monoisotopic (exact) mass is 559 g/mol. The van der Waals surface area contributed by atoms with Gasteiger partial charge >= 0.3 is 6.18 Å². The standard InChI is InChI=1S/C30H21BrF3N3/c1-29(30(32,33)34,24-16-18-25(31)19-17-24)23-14-12-22(13-15-23)28-36-26(20-8-4-2-5-9-20)35-27(37-28)21-10-6-3-7-11-21/h2-19H,1H3. The highest BCUT2D eigenvalue weighted by Crippen LogP contribution is 2.46. The van der Waals surface area contributed by atoms with Gasteiger partial charge in [0.05, 0.1) is 0 Å². The minimum atomic E-state index is -4.50. The summed E-state index contributed by atoms with van der Waals surface area (Å²) in [6, 6.07) is 31.5. The summed E-state index contributed by atoms with van der Waals surface area (Å²) < 4.78 is 44.0. The molecule has 0 saturated carbocycles. The quantitative estimate of drug-likeness (QED) is 0.216. The predicted molar refractivity (Wildman–Crippen MR) is 143 cm³/mol. The molecule has 0 amide bonds. The van der Waals surface area contributed by atoms with E-state index in [4.69, 9.17) is 0 Å². The van der Waals surface area contributed by atoms with E-state index in [2.05, 4.69) is 30.9 Å². The Hall–Kier alpha value is -3.84. The minimum Gasteiger partial charge on any atom is -0.208 e. The zero-order valence-electron chi connectivity index (χ0n) is 19.7. The molecular formula is C30H21BrF3N3. The molecule has 1 atom stereocenters. The molecule has 4 aromatic carbocycles. The van der Waals surface area contributed by atoms with Crippen molar-refractivity contribution >= 4 is 15.9 Å². The molecule has 0 spiro atoms. The maximum Gasteiger partial charge on any atom is 0.402 e. The Morgan fingerprint density at radius 3 is 1.24 bits per heavy atom. The third kappa shape index (κ3) is 4.91. The van der Waals surface area contributed by atoms with Crippen LogP contribution in [0.15, 0.2) is 114 Å². The van der Waals surface area contributed by atoms with Crippen molar-refractivity contribution in [2.24, 2.45) is 0 Å². The van der Waals surface area contributed by atoms with Gasteiger partial charge in [0, 0.05) is 21.2 Å². The molecule has 1 heterocycles. The van der Waals surface area contributed by atoms with Crippen molar-refractivity contribution in [1.29, 1.82) is 0 Å². The van der Waals surface area contributed by atoms with Gasteiger partial charge in [0.2, 0.25) is 0 Å². The van der Waals surface area contributed by atoms with E-state index >= 15 is 0 Å². The van der Waals surface area contributed by atoms with E-state index in [-0.39, 0.29) is 11.1 Å². The van der Waals surface area contributed by atoms with Crippen LogP contribution in [0.4, 0.5) is 13.2 Å². The predicted octanol–water partition coefficient (Wildman–Crippen LogP) is 8.50. The second kappa shape index (κ2) is 9.90. The number of benzene rings is 4. The van der Waals surface area contributed by atoms with Gasteiger partial charge < -0.3 is 0 Å². The maximum atomic E-state index is 14.4. The molecule has 7 heteroatoms.